The Balaban J connectivity index is 2.56. The summed E-state index contributed by atoms with van der Waals surface area (Å²) in [6.45, 7) is 2.38. The van der Waals surface area contributed by atoms with E-state index in [4.69, 9.17) is 14.6 Å². The normalized spacial score (nSPS) is 12.1. The van der Waals surface area contributed by atoms with Crippen molar-refractivity contribution in [3.63, 3.8) is 0 Å². The summed E-state index contributed by atoms with van der Waals surface area (Å²) in [7, 11) is 1.63. The molecule has 0 saturated heterocycles. The molecule has 88 valence electrons. The number of para-hydroxylation sites is 1. The van der Waals surface area contributed by atoms with E-state index in [9.17, 15) is 4.79 Å². The molecule has 0 radical (unpaired) electrons. The molecule has 0 aliphatic rings. The quantitative estimate of drug-likeness (QED) is 0.804. The van der Waals surface area contributed by atoms with Gasteiger partial charge in [-0.3, -0.25) is 0 Å². The molecule has 0 fully saturated rings. The van der Waals surface area contributed by atoms with Crippen LogP contribution in [0.1, 0.15) is 23.7 Å². The van der Waals surface area contributed by atoms with Gasteiger partial charge in [-0.05, 0) is 19.1 Å². The maximum atomic E-state index is 10.9. The monoisotopic (exact) mass is 224 g/mol. The van der Waals surface area contributed by atoms with Crippen LogP contribution in [0, 0.1) is 0 Å². The molecule has 1 atom stereocenters. The molecule has 0 aromatic heterocycles. The molecule has 0 bridgehead atoms. The molecule has 4 nitrogen and oxygen atoms in total. The number of hydrogen-bond donors (Lipinski definition) is 1. The van der Waals surface area contributed by atoms with Crippen LogP contribution in [0.25, 0.3) is 0 Å². The smallest absolute Gasteiger partial charge is 0.339 e. The van der Waals surface area contributed by atoms with Crippen LogP contribution in [0.15, 0.2) is 24.3 Å². The van der Waals surface area contributed by atoms with E-state index in [2.05, 4.69) is 0 Å². The third-order valence-electron chi connectivity index (χ3n) is 2.30. The van der Waals surface area contributed by atoms with Gasteiger partial charge in [0.15, 0.2) is 0 Å². The van der Waals surface area contributed by atoms with Crippen molar-refractivity contribution in [1.82, 2.24) is 0 Å². The van der Waals surface area contributed by atoms with Gasteiger partial charge in [0.2, 0.25) is 0 Å². The summed E-state index contributed by atoms with van der Waals surface area (Å²) in [6, 6.07) is 6.61. The number of carboxylic acids is 1. The highest BCUT2D eigenvalue weighted by molar-refractivity contribution is 5.90. The van der Waals surface area contributed by atoms with E-state index >= 15 is 0 Å². The lowest BCUT2D eigenvalue weighted by Crippen LogP contribution is -2.11. The summed E-state index contributed by atoms with van der Waals surface area (Å²) >= 11 is 0. The predicted molar refractivity (Wildman–Crippen MR) is 60.0 cm³/mol. The van der Waals surface area contributed by atoms with Gasteiger partial charge in [-0.15, -0.1) is 0 Å². The van der Waals surface area contributed by atoms with E-state index in [1.54, 1.807) is 25.3 Å². The zero-order valence-electron chi connectivity index (χ0n) is 9.47. The first-order chi connectivity index (χ1) is 7.65. The van der Waals surface area contributed by atoms with Crippen LogP contribution >= 0.6 is 0 Å². The highest BCUT2D eigenvalue weighted by Crippen LogP contribution is 2.18. The Morgan fingerprint density at radius 3 is 2.75 bits per heavy atom. The van der Waals surface area contributed by atoms with Crippen molar-refractivity contribution in [1.29, 1.82) is 0 Å². The Bertz CT molecular complexity index is 349. The molecule has 0 aliphatic heterocycles. The van der Waals surface area contributed by atoms with Gasteiger partial charge in [-0.25, -0.2) is 4.79 Å². The fourth-order valence-electron chi connectivity index (χ4n) is 1.22. The molecule has 1 N–H and O–H groups in total. The van der Waals surface area contributed by atoms with Crippen LogP contribution in [0.3, 0.4) is 0 Å². The lowest BCUT2D eigenvalue weighted by molar-refractivity contribution is 0.0689. The minimum atomic E-state index is -0.976. The number of rotatable bonds is 6. The number of benzene rings is 1. The van der Waals surface area contributed by atoms with Gasteiger partial charge in [-0.2, -0.15) is 0 Å². The van der Waals surface area contributed by atoms with Crippen molar-refractivity contribution in [2.75, 3.05) is 13.7 Å². The summed E-state index contributed by atoms with van der Waals surface area (Å²) in [5.41, 5.74) is 0.188. The fourth-order valence-corrected chi connectivity index (χ4v) is 1.22. The lowest BCUT2D eigenvalue weighted by atomic mass is 10.2. The molecule has 16 heavy (non-hydrogen) atoms. The van der Waals surface area contributed by atoms with Crippen LogP contribution in [-0.2, 0) is 4.74 Å². The highest BCUT2D eigenvalue weighted by atomic mass is 16.5. The third-order valence-corrected chi connectivity index (χ3v) is 2.30. The number of hydrogen-bond acceptors (Lipinski definition) is 3. The van der Waals surface area contributed by atoms with Gasteiger partial charge in [-0.1, -0.05) is 12.1 Å². The summed E-state index contributed by atoms with van der Waals surface area (Å²) in [4.78, 5) is 10.9. The molecule has 0 spiro atoms. The standard InChI is InChI=1S/C12H16O4/c1-9(15-2)7-8-16-11-6-4-3-5-10(11)12(13)14/h3-6,9H,7-8H2,1-2H3,(H,13,14). The van der Waals surface area contributed by atoms with E-state index in [0.717, 1.165) is 6.42 Å². The molecule has 1 aromatic carbocycles. The van der Waals surface area contributed by atoms with E-state index in [1.807, 2.05) is 6.92 Å². The van der Waals surface area contributed by atoms with E-state index in [0.29, 0.717) is 12.4 Å². The Labute approximate surface area is 94.8 Å². The van der Waals surface area contributed by atoms with Crippen molar-refractivity contribution < 1.29 is 19.4 Å². The fraction of sp³-hybridized carbons (Fsp3) is 0.417. The van der Waals surface area contributed by atoms with Gasteiger partial charge in [0.05, 0.1) is 12.7 Å². The van der Waals surface area contributed by atoms with Crippen molar-refractivity contribution >= 4 is 5.97 Å². The lowest BCUT2D eigenvalue weighted by Gasteiger charge is -2.11. The number of methoxy groups -OCH3 is 1. The third kappa shape index (κ3) is 3.55. The molecular formula is C12H16O4. The highest BCUT2D eigenvalue weighted by Gasteiger charge is 2.10. The van der Waals surface area contributed by atoms with Crippen LogP contribution in [0.4, 0.5) is 0 Å². The molecule has 0 saturated carbocycles. The van der Waals surface area contributed by atoms with E-state index in [1.165, 1.54) is 6.07 Å². The van der Waals surface area contributed by atoms with Crippen LogP contribution in [0.2, 0.25) is 0 Å². The zero-order valence-corrected chi connectivity index (χ0v) is 9.47. The number of carbonyl (C=O) groups is 1. The van der Waals surface area contributed by atoms with Gasteiger partial charge < -0.3 is 14.6 Å². The summed E-state index contributed by atoms with van der Waals surface area (Å²) in [5, 5.41) is 8.92. The Morgan fingerprint density at radius 2 is 2.12 bits per heavy atom. The molecule has 0 heterocycles. The second-order valence-electron chi connectivity index (χ2n) is 3.48. The Hall–Kier alpha value is -1.55. The van der Waals surface area contributed by atoms with E-state index < -0.39 is 5.97 Å². The van der Waals surface area contributed by atoms with Crippen molar-refractivity contribution in [2.24, 2.45) is 0 Å². The zero-order chi connectivity index (χ0) is 12.0. The molecule has 1 aromatic rings. The topological polar surface area (TPSA) is 55.8 Å². The SMILES string of the molecule is COC(C)CCOc1ccccc1C(=O)O. The van der Waals surface area contributed by atoms with Crippen LogP contribution < -0.4 is 4.74 Å². The number of aromatic carboxylic acids is 1. The van der Waals surface area contributed by atoms with E-state index in [-0.39, 0.29) is 11.7 Å². The second-order valence-corrected chi connectivity index (χ2v) is 3.48. The summed E-state index contributed by atoms with van der Waals surface area (Å²) in [5.74, 6) is -0.575. The molecule has 4 heteroatoms. The Morgan fingerprint density at radius 1 is 1.44 bits per heavy atom. The van der Waals surface area contributed by atoms with Crippen molar-refractivity contribution in [3.8, 4) is 5.75 Å². The maximum Gasteiger partial charge on any atom is 0.339 e. The maximum absolute atomic E-state index is 10.9. The number of carboxylic acid groups (broad SMARTS) is 1. The second kappa shape index (κ2) is 6.12. The summed E-state index contributed by atoms with van der Waals surface area (Å²) in [6.07, 6.45) is 0.835. The van der Waals surface area contributed by atoms with Gasteiger partial charge in [0.1, 0.15) is 11.3 Å². The van der Waals surface area contributed by atoms with Gasteiger partial charge >= 0.3 is 5.97 Å². The number of ether oxygens (including phenoxy) is 2. The Kier molecular flexibility index (Phi) is 4.79. The molecule has 1 rings (SSSR count). The average Bonchev–Trinajstić information content (AvgIpc) is 2.29. The van der Waals surface area contributed by atoms with Gasteiger partial charge in [0, 0.05) is 13.5 Å². The predicted octanol–water partition coefficient (Wildman–Crippen LogP) is 2.19. The van der Waals surface area contributed by atoms with Gasteiger partial charge in [0.25, 0.3) is 0 Å². The largest absolute Gasteiger partial charge is 0.493 e. The summed E-state index contributed by atoms with van der Waals surface area (Å²) < 4.78 is 10.5. The molecule has 0 aliphatic carbocycles. The van der Waals surface area contributed by atoms with Crippen molar-refractivity contribution in [3.05, 3.63) is 29.8 Å². The van der Waals surface area contributed by atoms with Crippen molar-refractivity contribution in [2.45, 2.75) is 19.4 Å². The minimum absolute atomic E-state index is 0.108. The molecular weight excluding hydrogens is 208 g/mol. The van der Waals surface area contributed by atoms with Crippen LogP contribution in [0.5, 0.6) is 5.75 Å². The first kappa shape index (κ1) is 12.5. The average molecular weight is 224 g/mol. The minimum Gasteiger partial charge on any atom is -0.493 e. The first-order valence-corrected chi connectivity index (χ1v) is 5.13. The molecule has 0 amide bonds. The molecule has 1 unspecified atom stereocenters. The first-order valence-electron chi connectivity index (χ1n) is 5.13. The van der Waals surface area contributed by atoms with Crippen LogP contribution in [-0.4, -0.2) is 30.9 Å².